The summed E-state index contributed by atoms with van der Waals surface area (Å²) in [5.74, 6) is -0.965. The van der Waals surface area contributed by atoms with Gasteiger partial charge in [0.05, 0.1) is 43.2 Å². The van der Waals surface area contributed by atoms with Crippen LogP contribution in [-0.2, 0) is 16.1 Å². The van der Waals surface area contributed by atoms with E-state index in [0.717, 1.165) is 5.70 Å². The number of carboxylic acid groups (broad SMARTS) is 1. The molecule has 0 radical (unpaired) electrons. The Hall–Kier alpha value is -2.68. The Morgan fingerprint density at radius 1 is 1.59 bits per heavy atom. The molecule has 1 saturated heterocycles. The van der Waals surface area contributed by atoms with Crippen molar-refractivity contribution < 1.29 is 19.5 Å². The molecule has 2 aliphatic rings. The van der Waals surface area contributed by atoms with Gasteiger partial charge in [-0.3, -0.25) is 9.63 Å². The zero-order chi connectivity index (χ0) is 15.7. The number of carbonyl (C=O) groups is 2. The van der Waals surface area contributed by atoms with Gasteiger partial charge in [0, 0.05) is 6.54 Å². The summed E-state index contributed by atoms with van der Waals surface area (Å²) in [6.45, 7) is 4.74. The number of carbonyl (C=O) groups excluding carboxylic acids is 1. The first-order chi connectivity index (χ1) is 10.6. The minimum absolute atomic E-state index is 0.187. The topological polar surface area (TPSA) is 101 Å². The third-order valence-corrected chi connectivity index (χ3v) is 3.40. The average molecular weight is 305 g/mol. The van der Waals surface area contributed by atoms with E-state index < -0.39 is 5.97 Å². The van der Waals surface area contributed by atoms with E-state index in [-0.39, 0.29) is 25.1 Å². The highest BCUT2D eigenvalue weighted by Gasteiger charge is 2.41. The highest BCUT2D eigenvalue weighted by Crippen LogP contribution is 2.26. The molecule has 3 rings (SSSR count). The molecular weight excluding hydrogens is 290 g/mol. The third-order valence-electron chi connectivity index (χ3n) is 3.40. The predicted molar refractivity (Wildman–Crippen MR) is 74.4 cm³/mol. The van der Waals surface area contributed by atoms with Crippen molar-refractivity contribution in [2.75, 3.05) is 19.7 Å². The molecule has 0 saturated carbocycles. The molecule has 0 aliphatic carbocycles. The Labute approximate surface area is 126 Å². The van der Waals surface area contributed by atoms with Crippen molar-refractivity contribution in [1.82, 2.24) is 25.0 Å². The van der Waals surface area contributed by atoms with Gasteiger partial charge in [-0.15, -0.1) is 11.7 Å². The normalized spacial score (nSPS) is 20.3. The lowest BCUT2D eigenvalue weighted by molar-refractivity contribution is -0.136. The quantitative estimate of drug-likeness (QED) is 0.741. The molecule has 2 bridgehead atoms. The maximum Gasteiger partial charge on any atom is 0.345 e. The van der Waals surface area contributed by atoms with Gasteiger partial charge in [0.1, 0.15) is 0 Å². The van der Waals surface area contributed by atoms with Crippen molar-refractivity contribution in [2.45, 2.75) is 12.5 Å². The van der Waals surface area contributed by atoms with Crippen LogP contribution >= 0.6 is 0 Å². The number of urea groups is 1. The fourth-order valence-electron chi connectivity index (χ4n) is 2.49. The van der Waals surface area contributed by atoms with Gasteiger partial charge in [0.15, 0.2) is 0 Å². The summed E-state index contributed by atoms with van der Waals surface area (Å²) in [7, 11) is 0. The smallest absolute Gasteiger partial charge is 0.345 e. The van der Waals surface area contributed by atoms with Gasteiger partial charge in [-0.05, 0) is 6.08 Å². The number of amides is 2. The average Bonchev–Trinajstić information content (AvgIpc) is 3.02. The van der Waals surface area contributed by atoms with Crippen LogP contribution in [0.25, 0.3) is 5.70 Å². The summed E-state index contributed by atoms with van der Waals surface area (Å²) in [5, 5.41) is 17.8. The fraction of sp³-hybridized carbons (Fsp3) is 0.385. The van der Waals surface area contributed by atoms with Crippen molar-refractivity contribution in [3.8, 4) is 0 Å². The van der Waals surface area contributed by atoms with Crippen LogP contribution in [0.15, 0.2) is 24.9 Å². The van der Waals surface area contributed by atoms with Crippen LogP contribution in [0.3, 0.4) is 0 Å². The predicted octanol–water partition coefficient (Wildman–Crippen LogP) is -0.0165. The lowest BCUT2D eigenvalue weighted by Crippen LogP contribution is -2.33. The minimum atomic E-state index is -0.965. The molecular formula is C13H15N5O4. The van der Waals surface area contributed by atoms with Crippen molar-refractivity contribution in [1.29, 1.82) is 0 Å². The van der Waals surface area contributed by atoms with Gasteiger partial charge in [-0.2, -0.15) is 5.06 Å². The first-order valence-electron chi connectivity index (χ1n) is 6.74. The molecule has 22 heavy (non-hydrogen) atoms. The maximum atomic E-state index is 12.2. The Kier molecular flexibility index (Phi) is 3.63. The first kappa shape index (κ1) is 14.3. The molecule has 2 amide bonds. The van der Waals surface area contributed by atoms with Crippen LogP contribution in [-0.4, -0.2) is 67.8 Å². The van der Waals surface area contributed by atoms with Crippen molar-refractivity contribution in [3.05, 3.63) is 30.6 Å². The van der Waals surface area contributed by atoms with Gasteiger partial charge in [0.25, 0.3) is 0 Å². The van der Waals surface area contributed by atoms with Crippen LogP contribution < -0.4 is 0 Å². The summed E-state index contributed by atoms with van der Waals surface area (Å²) in [6, 6.07) is -0.410. The van der Waals surface area contributed by atoms with Crippen molar-refractivity contribution >= 4 is 17.7 Å². The van der Waals surface area contributed by atoms with Gasteiger partial charge in [0.2, 0.25) is 0 Å². The Balaban J connectivity index is 1.78. The molecule has 9 nitrogen and oxygen atoms in total. The highest BCUT2D eigenvalue weighted by atomic mass is 16.7. The number of fused-ring (bicyclic) bond motifs is 2. The zero-order valence-corrected chi connectivity index (χ0v) is 11.8. The van der Waals surface area contributed by atoms with E-state index in [1.54, 1.807) is 17.2 Å². The maximum absolute atomic E-state index is 12.2. The SMILES string of the molecule is C=CCON1C(=O)N2CC(n3cc(CC(=O)O)nn3)=CC1C2. The summed E-state index contributed by atoms with van der Waals surface area (Å²) < 4.78 is 1.50. The van der Waals surface area contributed by atoms with Gasteiger partial charge in [-0.25, -0.2) is 9.48 Å². The summed E-state index contributed by atoms with van der Waals surface area (Å²) >= 11 is 0. The minimum Gasteiger partial charge on any atom is -0.481 e. The van der Waals surface area contributed by atoms with Gasteiger partial charge in [-0.1, -0.05) is 11.3 Å². The number of hydrogen-bond acceptors (Lipinski definition) is 5. The highest BCUT2D eigenvalue weighted by molar-refractivity contribution is 5.80. The van der Waals surface area contributed by atoms with E-state index in [1.807, 2.05) is 6.08 Å². The number of carboxylic acids is 1. The molecule has 1 atom stereocenters. The van der Waals surface area contributed by atoms with Crippen LogP contribution in [0.1, 0.15) is 5.69 Å². The van der Waals surface area contributed by atoms with Crippen LogP contribution in [0.4, 0.5) is 4.79 Å². The second-order valence-corrected chi connectivity index (χ2v) is 5.02. The van der Waals surface area contributed by atoms with Crippen LogP contribution in [0.5, 0.6) is 0 Å². The van der Waals surface area contributed by atoms with Crippen molar-refractivity contribution in [3.63, 3.8) is 0 Å². The monoisotopic (exact) mass is 305 g/mol. The number of rotatable bonds is 6. The third kappa shape index (κ3) is 2.58. The molecule has 1 fully saturated rings. The van der Waals surface area contributed by atoms with Crippen molar-refractivity contribution in [2.24, 2.45) is 0 Å². The second-order valence-electron chi connectivity index (χ2n) is 5.02. The lowest BCUT2D eigenvalue weighted by Gasteiger charge is -2.20. The Morgan fingerprint density at radius 2 is 2.41 bits per heavy atom. The molecule has 9 heteroatoms. The number of hydroxylamine groups is 2. The number of aliphatic carboxylic acids is 1. The molecule has 1 N–H and O–H groups in total. The van der Waals surface area contributed by atoms with E-state index >= 15 is 0 Å². The molecule has 1 unspecified atom stereocenters. The van der Waals surface area contributed by atoms with Gasteiger partial charge < -0.3 is 10.0 Å². The van der Waals surface area contributed by atoms with E-state index in [9.17, 15) is 9.59 Å². The van der Waals surface area contributed by atoms with Crippen LogP contribution in [0, 0.1) is 0 Å². The molecule has 3 heterocycles. The summed E-state index contributed by atoms with van der Waals surface area (Å²) in [5.41, 5.74) is 1.13. The number of aromatic nitrogens is 3. The second kappa shape index (κ2) is 5.60. The molecule has 2 aliphatic heterocycles. The summed E-state index contributed by atoms with van der Waals surface area (Å²) in [4.78, 5) is 29.9. The van der Waals surface area contributed by atoms with E-state index in [1.165, 1.54) is 9.75 Å². The molecule has 0 aromatic carbocycles. The first-order valence-corrected chi connectivity index (χ1v) is 6.74. The molecule has 1 aromatic heterocycles. The zero-order valence-electron chi connectivity index (χ0n) is 11.8. The number of hydrogen-bond donors (Lipinski definition) is 1. The largest absolute Gasteiger partial charge is 0.481 e. The van der Waals surface area contributed by atoms with Gasteiger partial charge >= 0.3 is 12.0 Å². The Morgan fingerprint density at radius 3 is 3.14 bits per heavy atom. The lowest BCUT2D eigenvalue weighted by atomic mass is 10.2. The van der Waals surface area contributed by atoms with E-state index in [0.29, 0.717) is 18.8 Å². The van der Waals surface area contributed by atoms with Crippen LogP contribution in [0.2, 0.25) is 0 Å². The number of nitrogens with zero attached hydrogens (tertiary/aromatic N) is 5. The summed E-state index contributed by atoms with van der Waals surface area (Å²) in [6.07, 6.45) is 4.83. The fourth-order valence-corrected chi connectivity index (χ4v) is 2.49. The standard InChI is InChI=1S/C13H15N5O4/c1-2-3-22-18-11-5-10(7-16(8-11)13(18)21)17-6-9(14-15-17)4-12(19)20/h2,5-6,11H,1,3-4,7-8H2,(H,19,20). The molecule has 116 valence electrons. The molecule has 1 aromatic rings. The van der Waals surface area contributed by atoms with E-state index in [2.05, 4.69) is 16.9 Å². The molecule has 0 spiro atoms. The van der Waals surface area contributed by atoms with E-state index in [4.69, 9.17) is 9.94 Å². The Bertz CT molecular complexity index is 653.